The van der Waals surface area contributed by atoms with E-state index in [0.29, 0.717) is 29.6 Å². The van der Waals surface area contributed by atoms with E-state index in [4.69, 9.17) is 5.84 Å². The number of carbonyl (C=O) groups excluding carboxylic acids is 1. The summed E-state index contributed by atoms with van der Waals surface area (Å²) in [7, 11) is -3.60. The molecule has 0 fully saturated rings. The minimum absolute atomic E-state index is 0.102. The highest BCUT2D eigenvalue weighted by Gasteiger charge is 2.23. The summed E-state index contributed by atoms with van der Waals surface area (Å²) in [6, 6.07) is 6.55. The molecule has 9 nitrogen and oxygen atoms in total. The predicted molar refractivity (Wildman–Crippen MR) is 114 cm³/mol. The maximum Gasteiger partial charge on any atom is 0.243 e. The first-order valence-electron chi connectivity index (χ1n) is 9.47. The summed E-state index contributed by atoms with van der Waals surface area (Å²) >= 11 is 1.17. The highest BCUT2D eigenvalue weighted by atomic mass is 32.2. The molecule has 0 aliphatic carbocycles. The highest BCUT2D eigenvalue weighted by molar-refractivity contribution is 7.99. The number of hydrogen-bond donors (Lipinski definition) is 2. The first kappa shape index (κ1) is 23.2. The van der Waals surface area contributed by atoms with E-state index in [1.807, 2.05) is 13.8 Å². The molecule has 0 spiro atoms. The molecule has 2 rings (SSSR count). The molecule has 2 aromatic rings. The van der Waals surface area contributed by atoms with Crippen molar-refractivity contribution in [1.82, 2.24) is 24.5 Å². The van der Waals surface area contributed by atoms with Crippen LogP contribution >= 0.6 is 11.8 Å². The van der Waals surface area contributed by atoms with Crippen LogP contribution in [0.2, 0.25) is 0 Å². The number of nitrogens with zero attached hydrogens (tertiary/aromatic N) is 4. The average Bonchev–Trinajstić information content (AvgIpc) is 3.07. The summed E-state index contributed by atoms with van der Waals surface area (Å²) in [5.41, 5.74) is 0.532. The Kier molecular flexibility index (Phi) is 8.05. The van der Waals surface area contributed by atoms with Crippen LogP contribution in [0.15, 0.2) is 34.3 Å². The van der Waals surface area contributed by atoms with Crippen molar-refractivity contribution in [3.05, 3.63) is 24.3 Å². The van der Waals surface area contributed by atoms with Crippen LogP contribution in [0.5, 0.6) is 0 Å². The Balaban J connectivity index is 2.22. The molecule has 0 aliphatic rings. The third kappa shape index (κ3) is 5.49. The topological polar surface area (TPSA) is 123 Å². The molecule has 3 N–H and O–H groups in total. The summed E-state index contributed by atoms with van der Waals surface area (Å²) in [6.45, 7) is 8.29. The number of aromatic nitrogens is 3. The van der Waals surface area contributed by atoms with Crippen molar-refractivity contribution in [3.8, 4) is 11.4 Å². The molecule has 29 heavy (non-hydrogen) atoms. The van der Waals surface area contributed by atoms with Crippen LogP contribution in [0, 0.1) is 0 Å². The molecule has 11 heteroatoms. The van der Waals surface area contributed by atoms with Crippen molar-refractivity contribution in [2.75, 3.05) is 24.7 Å². The molecule has 1 aromatic heterocycles. The summed E-state index contributed by atoms with van der Waals surface area (Å²) in [6.07, 6.45) is 0.848. The molecular weight excluding hydrogens is 412 g/mol. The number of nitrogens with one attached hydrogen (secondary N) is 1. The van der Waals surface area contributed by atoms with Gasteiger partial charge in [-0.05, 0) is 25.5 Å². The van der Waals surface area contributed by atoms with Crippen molar-refractivity contribution in [3.63, 3.8) is 0 Å². The van der Waals surface area contributed by atoms with E-state index in [2.05, 4.69) is 15.5 Å². The van der Waals surface area contributed by atoms with E-state index >= 15 is 0 Å². The summed E-state index contributed by atoms with van der Waals surface area (Å²) in [5, 5.41) is 11.4. The molecule has 0 saturated carbocycles. The van der Waals surface area contributed by atoms with Gasteiger partial charge in [-0.15, -0.1) is 10.2 Å². The number of nitrogens with two attached hydrogens (primary N) is 1. The zero-order valence-electron chi connectivity index (χ0n) is 17.1. The maximum absolute atomic E-state index is 12.8. The Morgan fingerprint density at radius 3 is 2.59 bits per heavy atom. The number of rotatable bonds is 10. The van der Waals surface area contributed by atoms with Crippen LogP contribution in [0.4, 0.5) is 0 Å². The van der Waals surface area contributed by atoms with Crippen LogP contribution in [-0.2, 0) is 14.8 Å². The molecule has 1 unspecified atom stereocenters. The van der Waals surface area contributed by atoms with Gasteiger partial charge in [0.05, 0.1) is 10.6 Å². The van der Waals surface area contributed by atoms with Crippen molar-refractivity contribution in [2.45, 2.75) is 50.2 Å². The zero-order valence-corrected chi connectivity index (χ0v) is 18.8. The first-order chi connectivity index (χ1) is 13.7. The normalized spacial score (nSPS) is 12.9. The molecule has 0 saturated heterocycles. The quantitative estimate of drug-likeness (QED) is 0.426. The van der Waals surface area contributed by atoms with E-state index in [1.54, 1.807) is 32.0 Å². The lowest BCUT2D eigenvalue weighted by Crippen LogP contribution is -2.33. The number of amides is 1. The lowest BCUT2D eigenvalue weighted by Gasteiger charge is -2.18. The van der Waals surface area contributed by atoms with E-state index in [1.165, 1.54) is 26.8 Å². The fourth-order valence-corrected chi connectivity index (χ4v) is 4.80. The zero-order chi connectivity index (χ0) is 21.6. The first-order valence-corrected chi connectivity index (χ1v) is 11.9. The van der Waals surface area contributed by atoms with E-state index in [0.717, 1.165) is 6.42 Å². The van der Waals surface area contributed by atoms with Gasteiger partial charge >= 0.3 is 0 Å². The number of benzene rings is 1. The van der Waals surface area contributed by atoms with Gasteiger partial charge in [0.25, 0.3) is 0 Å². The fraction of sp³-hybridized carbons (Fsp3) is 0.500. The van der Waals surface area contributed by atoms with Crippen LogP contribution in [0.3, 0.4) is 0 Å². The molecule has 0 radical (unpaired) electrons. The van der Waals surface area contributed by atoms with Gasteiger partial charge in [0, 0.05) is 24.7 Å². The molecule has 1 atom stereocenters. The Bertz CT molecular complexity index is 941. The van der Waals surface area contributed by atoms with Gasteiger partial charge in [-0.1, -0.05) is 44.7 Å². The number of carbonyl (C=O) groups is 1. The van der Waals surface area contributed by atoms with Crippen LogP contribution < -0.4 is 11.2 Å². The third-order valence-electron chi connectivity index (χ3n) is 4.45. The molecule has 0 aliphatic heterocycles. The van der Waals surface area contributed by atoms with Gasteiger partial charge in [-0.2, -0.15) is 4.31 Å². The van der Waals surface area contributed by atoms with Crippen molar-refractivity contribution in [2.24, 2.45) is 0 Å². The van der Waals surface area contributed by atoms with E-state index in [-0.39, 0.29) is 22.6 Å². The van der Waals surface area contributed by atoms with Gasteiger partial charge in [0.2, 0.25) is 21.1 Å². The van der Waals surface area contributed by atoms with Gasteiger partial charge in [0.1, 0.15) is 0 Å². The number of sulfonamides is 1. The standard InChI is InChI=1S/C18H28N6O3S2/c1-5-13(4)20-16(25)12-28-18-22-21-17(24(18)19)14-9-8-10-15(11-14)29(26,27)23(6-2)7-3/h8-11,13H,5-7,12,19H2,1-4H3,(H,20,25). The smallest absolute Gasteiger partial charge is 0.243 e. The van der Waals surface area contributed by atoms with Crippen molar-refractivity contribution in [1.29, 1.82) is 0 Å². The largest absolute Gasteiger partial charge is 0.353 e. The number of nitrogen functional groups attached to an aromatic ring is 1. The summed E-state index contributed by atoms with van der Waals surface area (Å²) < 4.78 is 28.2. The van der Waals surface area contributed by atoms with Gasteiger partial charge in [-0.3, -0.25) is 4.79 Å². The summed E-state index contributed by atoms with van der Waals surface area (Å²) in [4.78, 5) is 12.1. The molecule has 160 valence electrons. The molecular formula is C18H28N6O3S2. The van der Waals surface area contributed by atoms with E-state index in [9.17, 15) is 13.2 Å². The van der Waals surface area contributed by atoms with E-state index < -0.39 is 10.0 Å². The Morgan fingerprint density at radius 2 is 1.97 bits per heavy atom. The molecule has 1 heterocycles. The predicted octanol–water partition coefficient (Wildman–Crippen LogP) is 1.70. The lowest BCUT2D eigenvalue weighted by molar-refractivity contribution is -0.119. The van der Waals surface area contributed by atoms with Gasteiger partial charge < -0.3 is 11.2 Å². The minimum Gasteiger partial charge on any atom is -0.353 e. The monoisotopic (exact) mass is 440 g/mol. The molecule has 1 amide bonds. The number of thioether (sulfide) groups is 1. The van der Waals surface area contributed by atoms with Crippen molar-refractivity contribution < 1.29 is 13.2 Å². The Labute approximate surface area is 176 Å². The number of hydrogen-bond acceptors (Lipinski definition) is 7. The van der Waals surface area contributed by atoms with Gasteiger partial charge in [0.15, 0.2) is 5.82 Å². The summed E-state index contributed by atoms with van der Waals surface area (Å²) in [5.74, 6) is 6.48. The molecule has 0 bridgehead atoms. The average molecular weight is 441 g/mol. The third-order valence-corrected chi connectivity index (χ3v) is 7.44. The van der Waals surface area contributed by atoms with Crippen LogP contribution in [-0.4, -0.2) is 58.4 Å². The highest BCUT2D eigenvalue weighted by Crippen LogP contribution is 2.25. The Morgan fingerprint density at radius 1 is 1.28 bits per heavy atom. The lowest BCUT2D eigenvalue weighted by atomic mass is 10.2. The fourth-order valence-electron chi connectivity index (χ4n) is 2.63. The second kappa shape index (κ2) is 10.1. The SMILES string of the molecule is CCC(C)NC(=O)CSc1nnc(-c2cccc(S(=O)(=O)N(CC)CC)c2)n1N. The maximum atomic E-state index is 12.8. The second-order valence-corrected chi connectivity index (χ2v) is 9.34. The van der Waals surface area contributed by atoms with Gasteiger partial charge in [-0.25, -0.2) is 13.1 Å². The van der Waals surface area contributed by atoms with Crippen LogP contribution in [0.1, 0.15) is 34.1 Å². The minimum atomic E-state index is -3.60. The second-order valence-electron chi connectivity index (χ2n) is 6.46. The Hall–Kier alpha value is -2.11. The molecule has 1 aromatic carbocycles. The van der Waals surface area contributed by atoms with Crippen LogP contribution in [0.25, 0.3) is 11.4 Å². The van der Waals surface area contributed by atoms with Crippen molar-refractivity contribution >= 4 is 27.7 Å².